The standard InChI is InChI=1S/C12H19N3OS/c1-13-10(4-3-6-16-2)8-11-9-15-5-7-17-12(15)14-11/h5,7,9-10,13H,3-4,6,8H2,1-2H3. The van der Waals surface area contributed by atoms with E-state index >= 15 is 0 Å². The van der Waals surface area contributed by atoms with Gasteiger partial charge in [-0.25, -0.2) is 4.98 Å². The molecule has 2 heterocycles. The number of rotatable bonds is 7. The van der Waals surface area contributed by atoms with Crippen LogP contribution in [0.1, 0.15) is 18.5 Å². The molecule has 2 aromatic rings. The molecule has 0 radical (unpaired) electrons. The van der Waals surface area contributed by atoms with Gasteiger partial charge >= 0.3 is 0 Å². The van der Waals surface area contributed by atoms with E-state index in [9.17, 15) is 0 Å². The molecule has 0 fully saturated rings. The average molecular weight is 253 g/mol. The number of nitrogens with one attached hydrogen (secondary N) is 1. The lowest BCUT2D eigenvalue weighted by molar-refractivity contribution is 0.189. The molecule has 0 spiro atoms. The zero-order valence-electron chi connectivity index (χ0n) is 10.3. The van der Waals surface area contributed by atoms with Crippen LogP contribution in [0.2, 0.25) is 0 Å². The molecule has 94 valence electrons. The van der Waals surface area contributed by atoms with Crippen LogP contribution in [-0.2, 0) is 11.2 Å². The molecule has 17 heavy (non-hydrogen) atoms. The van der Waals surface area contributed by atoms with Crippen molar-refractivity contribution in [1.82, 2.24) is 14.7 Å². The minimum Gasteiger partial charge on any atom is -0.385 e. The summed E-state index contributed by atoms with van der Waals surface area (Å²) >= 11 is 1.68. The van der Waals surface area contributed by atoms with Crippen LogP contribution < -0.4 is 5.32 Å². The highest BCUT2D eigenvalue weighted by Crippen LogP contribution is 2.13. The van der Waals surface area contributed by atoms with Crippen LogP contribution in [0.4, 0.5) is 0 Å². The third kappa shape index (κ3) is 3.28. The summed E-state index contributed by atoms with van der Waals surface area (Å²) in [4.78, 5) is 5.67. The van der Waals surface area contributed by atoms with Crippen molar-refractivity contribution in [2.45, 2.75) is 25.3 Å². The molecule has 1 unspecified atom stereocenters. The van der Waals surface area contributed by atoms with Crippen molar-refractivity contribution in [3.63, 3.8) is 0 Å². The molecule has 1 atom stereocenters. The number of thiazole rings is 1. The summed E-state index contributed by atoms with van der Waals surface area (Å²) in [6.45, 7) is 0.830. The maximum Gasteiger partial charge on any atom is 0.193 e. The Hall–Kier alpha value is -0.910. The number of aromatic nitrogens is 2. The second-order valence-electron chi connectivity index (χ2n) is 4.15. The van der Waals surface area contributed by atoms with Crippen molar-refractivity contribution < 1.29 is 4.74 Å². The van der Waals surface area contributed by atoms with Gasteiger partial charge in [0, 0.05) is 44.0 Å². The van der Waals surface area contributed by atoms with Crippen LogP contribution in [0.5, 0.6) is 0 Å². The number of nitrogens with zero attached hydrogens (tertiary/aromatic N) is 2. The van der Waals surface area contributed by atoms with E-state index in [1.165, 1.54) is 0 Å². The fourth-order valence-corrected chi connectivity index (χ4v) is 2.67. The lowest BCUT2D eigenvalue weighted by atomic mass is 10.1. The molecule has 0 bridgehead atoms. The first-order valence-corrected chi connectivity index (χ1v) is 6.78. The van der Waals surface area contributed by atoms with Crippen LogP contribution >= 0.6 is 11.3 Å². The van der Waals surface area contributed by atoms with Crippen LogP contribution in [0.3, 0.4) is 0 Å². The number of fused-ring (bicyclic) bond motifs is 1. The first kappa shape index (κ1) is 12.5. The first-order chi connectivity index (χ1) is 8.33. The zero-order chi connectivity index (χ0) is 12.1. The lowest BCUT2D eigenvalue weighted by Crippen LogP contribution is -2.28. The van der Waals surface area contributed by atoms with Gasteiger partial charge in [0.2, 0.25) is 0 Å². The molecule has 0 saturated carbocycles. The van der Waals surface area contributed by atoms with Crippen LogP contribution in [0.15, 0.2) is 17.8 Å². The van der Waals surface area contributed by atoms with Gasteiger partial charge in [-0.3, -0.25) is 4.40 Å². The fourth-order valence-electron chi connectivity index (χ4n) is 1.95. The molecule has 0 aromatic carbocycles. The Morgan fingerprint density at radius 1 is 1.59 bits per heavy atom. The van der Waals surface area contributed by atoms with Crippen LogP contribution in [0, 0.1) is 0 Å². The van der Waals surface area contributed by atoms with E-state index in [0.29, 0.717) is 6.04 Å². The summed E-state index contributed by atoms with van der Waals surface area (Å²) < 4.78 is 7.16. The van der Waals surface area contributed by atoms with Gasteiger partial charge in [-0.15, -0.1) is 11.3 Å². The van der Waals surface area contributed by atoms with Gasteiger partial charge in [0.05, 0.1) is 5.69 Å². The Morgan fingerprint density at radius 2 is 2.47 bits per heavy atom. The maximum absolute atomic E-state index is 5.08. The van der Waals surface area contributed by atoms with Gasteiger partial charge in [-0.1, -0.05) is 0 Å². The molecule has 0 amide bonds. The monoisotopic (exact) mass is 253 g/mol. The number of ether oxygens (including phenoxy) is 1. The minimum absolute atomic E-state index is 0.481. The highest BCUT2D eigenvalue weighted by molar-refractivity contribution is 7.15. The molecule has 0 aliphatic carbocycles. The highest BCUT2D eigenvalue weighted by Gasteiger charge is 2.10. The van der Waals surface area contributed by atoms with E-state index in [0.717, 1.165) is 36.5 Å². The van der Waals surface area contributed by atoms with Gasteiger partial charge in [0.25, 0.3) is 0 Å². The number of imidazole rings is 1. The van der Waals surface area contributed by atoms with Crippen molar-refractivity contribution in [3.05, 3.63) is 23.5 Å². The van der Waals surface area contributed by atoms with Crippen molar-refractivity contribution in [2.24, 2.45) is 0 Å². The molecular formula is C12H19N3OS. The summed E-state index contributed by atoms with van der Waals surface area (Å²) in [7, 11) is 3.76. The number of likely N-dealkylation sites (N-methyl/N-ethyl adjacent to an activating group) is 1. The predicted octanol–water partition coefficient (Wildman–Crippen LogP) is 1.95. The second kappa shape index (κ2) is 6.14. The number of hydrogen-bond acceptors (Lipinski definition) is 4. The smallest absolute Gasteiger partial charge is 0.193 e. The van der Waals surface area contributed by atoms with E-state index in [2.05, 4.69) is 32.5 Å². The third-order valence-electron chi connectivity index (χ3n) is 2.91. The third-order valence-corrected chi connectivity index (χ3v) is 3.68. The normalized spacial score (nSPS) is 13.3. The molecule has 0 saturated heterocycles. The van der Waals surface area contributed by atoms with E-state index in [-0.39, 0.29) is 0 Å². The van der Waals surface area contributed by atoms with E-state index < -0.39 is 0 Å². The van der Waals surface area contributed by atoms with E-state index in [4.69, 9.17) is 4.74 Å². The van der Waals surface area contributed by atoms with E-state index in [1.54, 1.807) is 18.4 Å². The molecule has 0 aliphatic heterocycles. The van der Waals surface area contributed by atoms with Crippen molar-refractivity contribution in [3.8, 4) is 0 Å². The summed E-state index contributed by atoms with van der Waals surface area (Å²) in [5, 5.41) is 5.40. The summed E-state index contributed by atoms with van der Waals surface area (Å²) in [6, 6.07) is 0.481. The molecule has 0 aliphatic rings. The predicted molar refractivity (Wildman–Crippen MR) is 70.7 cm³/mol. The zero-order valence-corrected chi connectivity index (χ0v) is 11.2. The van der Waals surface area contributed by atoms with Crippen molar-refractivity contribution >= 4 is 16.3 Å². The fraction of sp³-hybridized carbons (Fsp3) is 0.583. The molecule has 2 aromatic heterocycles. The van der Waals surface area contributed by atoms with Gasteiger partial charge in [0.1, 0.15) is 0 Å². The van der Waals surface area contributed by atoms with E-state index in [1.807, 2.05) is 7.05 Å². The summed E-state index contributed by atoms with van der Waals surface area (Å²) in [5.74, 6) is 0. The Morgan fingerprint density at radius 3 is 3.18 bits per heavy atom. The Labute approximate surface area is 106 Å². The van der Waals surface area contributed by atoms with Crippen molar-refractivity contribution in [1.29, 1.82) is 0 Å². The van der Waals surface area contributed by atoms with Gasteiger partial charge < -0.3 is 10.1 Å². The Balaban J connectivity index is 1.91. The number of methoxy groups -OCH3 is 1. The Kier molecular flexibility index (Phi) is 4.53. The molecule has 5 heteroatoms. The molecule has 2 rings (SSSR count). The highest BCUT2D eigenvalue weighted by atomic mass is 32.1. The van der Waals surface area contributed by atoms with Crippen molar-refractivity contribution in [2.75, 3.05) is 20.8 Å². The quantitative estimate of drug-likeness (QED) is 0.767. The molecule has 4 nitrogen and oxygen atoms in total. The first-order valence-electron chi connectivity index (χ1n) is 5.90. The van der Waals surface area contributed by atoms with Gasteiger partial charge in [-0.05, 0) is 19.9 Å². The SMILES string of the molecule is CNC(CCCOC)Cc1cn2ccsc2n1. The minimum atomic E-state index is 0.481. The molecule has 1 N–H and O–H groups in total. The van der Waals surface area contributed by atoms with Crippen LogP contribution in [0.25, 0.3) is 4.96 Å². The second-order valence-corrected chi connectivity index (χ2v) is 5.02. The topological polar surface area (TPSA) is 38.6 Å². The largest absolute Gasteiger partial charge is 0.385 e. The Bertz CT molecular complexity index is 423. The lowest BCUT2D eigenvalue weighted by Gasteiger charge is -2.14. The maximum atomic E-state index is 5.08. The molecular weight excluding hydrogens is 234 g/mol. The number of hydrogen-bond donors (Lipinski definition) is 1. The van der Waals surface area contributed by atoms with Gasteiger partial charge in [0.15, 0.2) is 4.96 Å². The van der Waals surface area contributed by atoms with Gasteiger partial charge in [-0.2, -0.15) is 0 Å². The summed E-state index contributed by atoms with van der Waals surface area (Å²) in [6.07, 6.45) is 7.36. The van der Waals surface area contributed by atoms with Crippen LogP contribution in [-0.4, -0.2) is 36.2 Å². The average Bonchev–Trinajstić information content (AvgIpc) is 2.88. The summed E-state index contributed by atoms with van der Waals surface area (Å²) in [5.41, 5.74) is 1.16.